The van der Waals surface area contributed by atoms with E-state index in [0.717, 1.165) is 29.8 Å². The molecule has 0 N–H and O–H groups in total. The monoisotopic (exact) mass is 298 g/mol. The first-order valence-corrected chi connectivity index (χ1v) is 7.94. The summed E-state index contributed by atoms with van der Waals surface area (Å²) in [7, 11) is 0. The van der Waals surface area contributed by atoms with Crippen LogP contribution in [-0.2, 0) is 11.2 Å². The zero-order valence-electron chi connectivity index (χ0n) is 12.0. The van der Waals surface area contributed by atoms with Crippen LogP contribution in [0.15, 0.2) is 54.6 Å². The maximum absolute atomic E-state index is 12.4. The molecular weight excluding hydrogens is 280 g/mol. The Labute approximate surface area is 131 Å². The quantitative estimate of drug-likeness (QED) is 0.776. The van der Waals surface area contributed by atoms with Gasteiger partial charge in [0.2, 0.25) is 0 Å². The van der Waals surface area contributed by atoms with Crippen LogP contribution >= 0.6 is 11.6 Å². The van der Waals surface area contributed by atoms with Crippen LogP contribution in [0.1, 0.15) is 36.3 Å². The third kappa shape index (κ3) is 3.36. The van der Waals surface area contributed by atoms with Crippen molar-refractivity contribution in [1.29, 1.82) is 0 Å². The van der Waals surface area contributed by atoms with E-state index in [0.29, 0.717) is 18.1 Å². The van der Waals surface area contributed by atoms with Crippen molar-refractivity contribution in [1.82, 2.24) is 0 Å². The van der Waals surface area contributed by atoms with Gasteiger partial charge < -0.3 is 0 Å². The van der Waals surface area contributed by atoms with Crippen LogP contribution < -0.4 is 0 Å². The molecule has 0 unspecified atom stereocenters. The smallest absolute Gasteiger partial charge is 0.140 e. The van der Waals surface area contributed by atoms with Crippen LogP contribution in [0.3, 0.4) is 0 Å². The van der Waals surface area contributed by atoms with Gasteiger partial charge in [0, 0.05) is 17.4 Å². The highest BCUT2D eigenvalue weighted by molar-refractivity contribution is 6.30. The summed E-state index contributed by atoms with van der Waals surface area (Å²) in [4.78, 5) is 12.4. The van der Waals surface area contributed by atoms with Gasteiger partial charge in [0.25, 0.3) is 0 Å². The van der Waals surface area contributed by atoms with Gasteiger partial charge in [0.15, 0.2) is 0 Å². The van der Waals surface area contributed by atoms with Crippen LogP contribution in [0, 0.1) is 5.92 Å². The summed E-state index contributed by atoms with van der Waals surface area (Å²) in [5.74, 6) is 0.801. The van der Waals surface area contributed by atoms with Crippen LogP contribution in [0.2, 0.25) is 5.02 Å². The first-order valence-electron chi connectivity index (χ1n) is 7.56. The van der Waals surface area contributed by atoms with E-state index >= 15 is 0 Å². The molecule has 1 fully saturated rings. The molecule has 3 rings (SSSR count). The van der Waals surface area contributed by atoms with Crippen molar-refractivity contribution in [3.8, 4) is 0 Å². The zero-order chi connectivity index (χ0) is 14.7. The predicted molar refractivity (Wildman–Crippen MR) is 86.7 cm³/mol. The van der Waals surface area contributed by atoms with Gasteiger partial charge in [-0.1, -0.05) is 54.1 Å². The summed E-state index contributed by atoms with van der Waals surface area (Å²) in [5.41, 5.74) is 2.43. The normalized spacial score (nSPS) is 22.2. The van der Waals surface area contributed by atoms with E-state index in [4.69, 9.17) is 11.6 Å². The Morgan fingerprint density at radius 2 is 1.71 bits per heavy atom. The second-order valence-corrected chi connectivity index (χ2v) is 6.27. The van der Waals surface area contributed by atoms with Crippen molar-refractivity contribution >= 4 is 17.4 Å². The average Bonchev–Trinajstić information content (AvgIpc) is 2.50. The maximum Gasteiger partial charge on any atom is 0.140 e. The maximum atomic E-state index is 12.4. The number of ketones is 1. The van der Waals surface area contributed by atoms with Gasteiger partial charge in [0.05, 0.1) is 0 Å². The molecule has 21 heavy (non-hydrogen) atoms. The number of carbonyl (C=O) groups excluding carboxylic acids is 1. The number of carbonyl (C=O) groups is 1. The van der Waals surface area contributed by atoms with E-state index in [1.165, 1.54) is 5.56 Å². The molecule has 1 aliphatic carbocycles. The lowest BCUT2D eigenvalue weighted by atomic mass is 9.72. The fraction of sp³-hybridized carbons (Fsp3) is 0.316. The fourth-order valence-corrected chi connectivity index (χ4v) is 3.51. The second-order valence-electron chi connectivity index (χ2n) is 5.84. The molecule has 1 saturated carbocycles. The van der Waals surface area contributed by atoms with Crippen molar-refractivity contribution < 1.29 is 4.79 Å². The van der Waals surface area contributed by atoms with E-state index in [-0.39, 0.29) is 5.92 Å². The van der Waals surface area contributed by atoms with Gasteiger partial charge in [-0.25, -0.2) is 0 Å². The van der Waals surface area contributed by atoms with Crippen LogP contribution in [-0.4, -0.2) is 5.78 Å². The van der Waals surface area contributed by atoms with E-state index < -0.39 is 0 Å². The summed E-state index contributed by atoms with van der Waals surface area (Å²) >= 11 is 5.97. The number of benzene rings is 2. The Morgan fingerprint density at radius 3 is 2.43 bits per heavy atom. The van der Waals surface area contributed by atoms with Gasteiger partial charge in [-0.3, -0.25) is 4.79 Å². The van der Waals surface area contributed by atoms with Crippen molar-refractivity contribution in [2.24, 2.45) is 5.92 Å². The first kappa shape index (κ1) is 14.3. The third-order valence-corrected chi connectivity index (χ3v) is 4.64. The van der Waals surface area contributed by atoms with E-state index in [1.807, 2.05) is 30.3 Å². The standard InChI is InChI=1S/C19H19ClO/c20-17-11-9-15(10-12-17)19-16(7-4-8-18(19)21)13-14-5-2-1-3-6-14/h1-3,5-6,9-12,16,19H,4,7-8,13H2/t16-,19-/m0/s1. The molecule has 108 valence electrons. The van der Waals surface area contributed by atoms with Crippen LogP contribution in [0.5, 0.6) is 0 Å². The van der Waals surface area contributed by atoms with Crippen molar-refractivity contribution in [2.75, 3.05) is 0 Å². The van der Waals surface area contributed by atoms with E-state index in [1.54, 1.807) is 0 Å². The Kier molecular flexibility index (Phi) is 4.40. The predicted octanol–water partition coefficient (Wildman–Crippen LogP) is 5.04. The Morgan fingerprint density at radius 1 is 1.00 bits per heavy atom. The van der Waals surface area contributed by atoms with Gasteiger partial charge in [-0.15, -0.1) is 0 Å². The molecule has 0 spiro atoms. The summed E-state index contributed by atoms with van der Waals surface area (Å²) in [5, 5.41) is 0.724. The number of Topliss-reactive ketones (excluding diaryl/α,β-unsaturated/α-hetero) is 1. The Bertz CT molecular complexity index is 603. The van der Waals surface area contributed by atoms with Crippen molar-refractivity contribution in [3.63, 3.8) is 0 Å². The van der Waals surface area contributed by atoms with Crippen molar-refractivity contribution in [3.05, 3.63) is 70.7 Å². The highest BCUT2D eigenvalue weighted by Crippen LogP contribution is 2.37. The van der Waals surface area contributed by atoms with Gasteiger partial charge in [-0.2, -0.15) is 0 Å². The Hall–Kier alpha value is -1.60. The molecule has 2 heteroatoms. The Balaban J connectivity index is 1.86. The minimum absolute atomic E-state index is 0.0243. The summed E-state index contributed by atoms with van der Waals surface area (Å²) in [6, 6.07) is 18.3. The van der Waals surface area contributed by atoms with Crippen LogP contribution in [0.4, 0.5) is 0 Å². The lowest BCUT2D eigenvalue weighted by Crippen LogP contribution is -2.28. The second kappa shape index (κ2) is 6.44. The highest BCUT2D eigenvalue weighted by Gasteiger charge is 2.32. The zero-order valence-corrected chi connectivity index (χ0v) is 12.7. The summed E-state index contributed by atoms with van der Waals surface area (Å²) < 4.78 is 0. The van der Waals surface area contributed by atoms with Gasteiger partial charge in [-0.05, 0) is 48.4 Å². The molecule has 2 atom stereocenters. The fourth-order valence-electron chi connectivity index (χ4n) is 3.39. The molecule has 2 aromatic carbocycles. The minimum atomic E-state index is 0.0243. The number of hydrogen-bond donors (Lipinski definition) is 0. The summed E-state index contributed by atoms with van der Waals surface area (Å²) in [6.07, 6.45) is 3.81. The minimum Gasteiger partial charge on any atom is -0.299 e. The largest absolute Gasteiger partial charge is 0.299 e. The molecule has 2 aromatic rings. The van der Waals surface area contributed by atoms with Gasteiger partial charge >= 0.3 is 0 Å². The first-order chi connectivity index (χ1) is 10.2. The molecule has 1 nitrogen and oxygen atoms in total. The highest BCUT2D eigenvalue weighted by atomic mass is 35.5. The molecule has 0 aromatic heterocycles. The molecule has 0 amide bonds. The number of hydrogen-bond acceptors (Lipinski definition) is 1. The van der Waals surface area contributed by atoms with Crippen LogP contribution in [0.25, 0.3) is 0 Å². The third-order valence-electron chi connectivity index (χ3n) is 4.39. The number of rotatable bonds is 3. The SMILES string of the molecule is O=C1CCC[C@@H](Cc2ccccc2)[C@@H]1c1ccc(Cl)cc1. The molecule has 0 aliphatic heterocycles. The molecule has 0 heterocycles. The summed E-state index contributed by atoms with van der Waals surface area (Å²) in [6.45, 7) is 0. The molecule has 0 saturated heterocycles. The number of halogens is 1. The van der Waals surface area contributed by atoms with E-state index in [2.05, 4.69) is 24.3 Å². The average molecular weight is 299 g/mol. The molecule has 0 bridgehead atoms. The van der Waals surface area contributed by atoms with Crippen molar-refractivity contribution in [2.45, 2.75) is 31.6 Å². The molecule has 1 aliphatic rings. The van der Waals surface area contributed by atoms with E-state index in [9.17, 15) is 4.79 Å². The lowest BCUT2D eigenvalue weighted by molar-refractivity contribution is -0.123. The topological polar surface area (TPSA) is 17.1 Å². The molecular formula is C19H19ClO. The lowest BCUT2D eigenvalue weighted by Gasteiger charge is -2.31. The van der Waals surface area contributed by atoms with Gasteiger partial charge in [0.1, 0.15) is 5.78 Å². The molecule has 0 radical (unpaired) electrons.